The summed E-state index contributed by atoms with van der Waals surface area (Å²) in [5, 5.41) is 0. The molecule has 2 unspecified atom stereocenters. The van der Waals surface area contributed by atoms with Crippen LogP contribution in [0.5, 0.6) is 0 Å². The molecular formula is C16H18F2N2O3. The van der Waals surface area contributed by atoms with Gasteiger partial charge in [0.05, 0.1) is 18.6 Å². The average molecular weight is 324 g/mol. The lowest BCUT2D eigenvalue weighted by Gasteiger charge is -2.26. The van der Waals surface area contributed by atoms with Gasteiger partial charge in [0.1, 0.15) is 17.2 Å². The van der Waals surface area contributed by atoms with Crippen molar-refractivity contribution in [1.82, 2.24) is 9.80 Å². The van der Waals surface area contributed by atoms with Crippen LogP contribution in [0.2, 0.25) is 0 Å². The number of fused-ring (bicyclic) bond motifs is 1. The van der Waals surface area contributed by atoms with Gasteiger partial charge in [0.15, 0.2) is 0 Å². The summed E-state index contributed by atoms with van der Waals surface area (Å²) in [4.78, 5) is 27.0. The summed E-state index contributed by atoms with van der Waals surface area (Å²) in [6.07, 6.45) is -0.0701. The van der Waals surface area contributed by atoms with Crippen LogP contribution in [0.25, 0.3) is 0 Å². The molecule has 0 aromatic heterocycles. The predicted molar refractivity (Wildman–Crippen MR) is 77.6 cm³/mol. The van der Waals surface area contributed by atoms with Gasteiger partial charge >= 0.3 is 12.1 Å². The number of nitrogens with zero attached hydrogens (tertiary/aromatic N) is 2. The first-order chi connectivity index (χ1) is 10.7. The lowest BCUT2D eigenvalue weighted by molar-refractivity contribution is 0.0318. The largest absolute Gasteiger partial charge is 0.443 e. The predicted octanol–water partition coefficient (Wildman–Crippen LogP) is 3.28. The first kappa shape index (κ1) is 15.7. The molecular weight excluding hydrogens is 306 g/mol. The second kappa shape index (κ2) is 5.18. The summed E-state index contributed by atoms with van der Waals surface area (Å²) in [5.41, 5.74) is -0.612. The van der Waals surface area contributed by atoms with E-state index >= 15 is 0 Å². The molecule has 0 N–H and O–H groups in total. The van der Waals surface area contributed by atoms with E-state index in [0.29, 0.717) is 6.42 Å². The maximum absolute atomic E-state index is 13.8. The average Bonchev–Trinajstić information content (AvgIpc) is 3.12. The highest BCUT2D eigenvalue weighted by atomic mass is 19.1. The van der Waals surface area contributed by atoms with Crippen molar-refractivity contribution in [1.29, 1.82) is 0 Å². The van der Waals surface area contributed by atoms with Crippen molar-refractivity contribution >= 4 is 12.1 Å². The Labute approximate surface area is 132 Å². The number of amides is 3. The van der Waals surface area contributed by atoms with Crippen LogP contribution in [0, 0.1) is 11.6 Å². The molecule has 1 heterocycles. The standard InChI is InChI=1S/C16H18F2N2O3/c1-16(2,3)23-15(22)20-13-7-12(13)19(14(20)21)8-9-6-10(17)4-5-11(9)18/h4-6,12-13H,7-8H2,1-3H3. The Hall–Kier alpha value is -2.18. The van der Waals surface area contributed by atoms with E-state index in [1.54, 1.807) is 20.8 Å². The maximum atomic E-state index is 13.8. The Morgan fingerprint density at radius 3 is 2.65 bits per heavy atom. The van der Waals surface area contributed by atoms with Crippen LogP contribution in [0.3, 0.4) is 0 Å². The number of rotatable bonds is 2. The number of ether oxygens (including phenoxy) is 1. The molecule has 3 rings (SSSR count). The molecule has 2 fully saturated rings. The molecule has 1 aliphatic carbocycles. The SMILES string of the molecule is CC(C)(C)OC(=O)N1C(=O)N(Cc2cc(F)ccc2F)C2CC21. The fourth-order valence-corrected chi connectivity index (χ4v) is 2.76. The Kier molecular flexibility index (Phi) is 3.54. The van der Waals surface area contributed by atoms with Crippen molar-refractivity contribution in [3.63, 3.8) is 0 Å². The van der Waals surface area contributed by atoms with Crippen LogP contribution in [0.1, 0.15) is 32.8 Å². The Balaban J connectivity index is 1.75. The maximum Gasteiger partial charge on any atom is 0.418 e. The van der Waals surface area contributed by atoms with E-state index in [1.165, 1.54) is 4.90 Å². The van der Waals surface area contributed by atoms with Gasteiger partial charge < -0.3 is 9.64 Å². The molecule has 1 saturated carbocycles. The summed E-state index contributed by atoms with van der Waals surface area (Å²) in [5.74, 6) is -1.14. The van der Waals surface area contributed by atoms with Crippen molar-refractivity contribution < 1.29 is 23.1 Å². The minimum Gasteiger partial charge on any atom is -0.443 e. The number of benzene rings is 1. The smallest absolute Gasteiger partial charge is 0.418 e. The van der Waals surface area contributed by atoms with E-state index < -0.39 is 29.4 Å². The minimum absolute atomic E-state index is 0.0666. The Bertz CT molecular complexity index is 672. The van der Waals surface area contributed by atoms with Crippen molar-refractivity contribution in [2.45, 2.75) is 51.4 Å². The van der Waals surface area contributed by atoms with Crippen LogP contribution in [-0.2, 0) is 11.3 Å². The molecule has 23 heavy (non-hydrogen) atoms. The van der Waals surface area contributed by atoms with Crippen LogP contribution in [0.15, 0.2) is 18.2 Å². The summed E-state index contributed by atoms with van der Waals surface area (Å²) in [6.45, 7) is 5.09. The van der Waals surface area contributed by atoms with Crippen LogP contribution < -0.4 is 0 Å². The summed E-state index contributed by atoms with van der Waals surface area (Å²) in [7, 11) is 0. The third-order valence-electron chi connectivity index (χ3n) is 3.85. The summed E-state index contributed by atoms with van der Waals surface area (Å²) in [6, 6.07) is 2.20. The molecule has 5 nitrogen and oxygen atoms in total. The topological polar surface area (TPSA) is 49.9 Å². The van der Waals surface area contributed by atoms with Gasteiger partial charge in [-0.05, 0) is 45.4 Å². The van der Waals surface area contributed by atoms with Gasteiger partial charge in [-0.15, -0.1) is 0 Å². The highest BCUT2D eigenvalue weighted by Gasteiger charge is 2.60. The molecule has 0 radical (unpaired) electrons. The number of halogens is 2. The summed E-state index contributed by atoms with van der Waals surface area (Å²) >= 11 is 0. The fourth-order valence-electron chi connectivity index (χ4n) is 2.76. The zero-order valence-electron chi connectivity index (χ0n) is 13.2. The zero-order valence-corrected chi connectivity index (χ0v) is 13.2. The monoisotopic (exact) mass is 324 g/mol. The molecule has 7 heteroatoms. The first-order valence-electron chi connectivity index (χ1n) is 7.44. The van der Waals surface area contributed by atoms with E-state index in [1.807, 2.05) is 0 Å². The molecule has 2 atom stereocenters. The normalized spacial score (nSPS) is 23.1. The molecule has 1 aliphatic heterocycles. The van der Waals surface area contributed by atoms with Crippen molar-refractivity contribution in [3.05, 3.63) is 35.4 Å². The number of urea groups is 1. The molecule has 1 aromatic carbocycles. The summed E-state index contributed by atoms with van der Waals surface area (Å²) < 4.78 is 32.3. The van der Waals surface area contributed by atoms with E-state index in [4.69, 9.17) is 4.74 Å². The molecule has 124 valence electrons. The van der Waals surface area contributed by atoms with Crippen molar-refractivity contribution in [2.75, 3.05) is 0 Å². The first-order valence-corrected chi connectivity index (χ1v) is 7.44. The molecule has 1 saturated heterocycles. The Morgan fingerprint density at radius 1 is 1.30 bits per heavy atom. The van der Waals surface area contributed by atoms with Crippen molar-refractivity contribution in [2.24, 2.45) is 0 Å². The van der Waals surface area contributed by atoms with E-state index in [0.717, 1.165) is 23.1 Å². The van der Waals surface area contributed by atoms with Gasteiger partial charge in [-0.1, -0.05) is 0 Å². The molecule has 2 aliphatic rings. The van der Waals surface area contributed by atoms with Gasteiger partial charge in [0, 0.05) is 5.56 Å². The van der Waals surface area contributed by atoms with Gasteiger partial charge in [-0.3, -0.25) is 0 Å². The number of carbonyl (C=O) groups is 2. The lowest BCUT2D eigenvalue weighted by Crippen LogP contribution is -2.43. The molecule has 3 amide bonds. The third-order valence-corrected chi connectivity index (χ3v) is 3.85. The van der Waals surface area contributed by atoms with E-state index in [2.05, 4.69) is 0 Å². The number of hydrogen-bond donors (Lipinski definition) is 0. The quantitative estimate of drug-likeness (QED) is 0.839. The fraction of sp³-hybridized carbons (Fsp3) is 0.500. The van der Waals surface area contributed by atoms with Crippen LogP contribution >= 0.6 is 0 Å². The van der Waals surface area contributed by atoms with Gasteiger partial charge in [0.25, 0.3) is 0 Å². The third kappa shape index (κ3) is 3.00. The van der Waals surface area contributed by atoms with Gasteiger partial charge in [0.2, 0.25) is 0 Å². The van der Waals surface area contributed by atoms with E-state index in [-0.39, 0.29) is 24.2 Å². The van der Waals surface area contributed by atoms with Crippen molar-refractivity contribution in [3.8, 4) is 0 Å². The Morgan fingerprint density at radius 2 is 2.00 bits per heavy atom. The van der Waals surface area contributed by atoms with Gasteiger partial charge in [-0.2, -0.15) is 0 Å². The molecule has 1 aromatic rings. The number of imide groups is 1. The lowest BCUT2D eigenvalue weighted by atomic mass is 10.2. The van der Waals surface area contributed by atoms with Gasteiger partial charge in [-0.25, -0.2) is 23.3 Å². The van der Waals surface area contributed by atoms with Crippen LogP contribution in [-0.4, -0.2) is 39.6 Å². The highest BCUT2D eigenvalue weighted by molar-refractivity contribution is 5.95. The second-order valence-electron chi connectivity index (χ2n) is 6.87. The van der Waals surface area contributed by atoms with Crippen LogP contribution in [0.4, 0.5) is 18.4 Å². The second-order valence-corrected chi connectivity index (χ2v) is 6.87. The molecule has 0 bridgehead atoms. The number of carbonyl (C=O) groups excluding carboxylic acids is 2. The number of hydrogen-bond acceptors (Lipinski definition) is 3. The molecule has 0 spiro atoms. The highest BCUT2D eigenvalue weighted by Crippen LogP contribution is 2.42. The minimum atomic E-state index is -0.705. The van der Waals surface area contributed by atoms with E-state index in [9.17, 15) is 18.4 Å². The zero-order chi connectivity index (χ0) is 16.9.